The molecule has 2 aromatic heterocycles. The van der Waals surface area contributed by atoms with Crippen LogP contribution >= 0.6 is 0 Å². The number of piperazine rings is 1. The summed E-state index contributed by atoms with van der Waals surface area (Å²) in [5.74, 6) is 0.845. The zero-order valence-electron chi connectivity index (χ0n) is 21.4. The quantitative estimate of drug-likeness (QED) is 0.656. The van der Waals surface area contributed by atoms with Gasteiger partial charge in [-0.2, -0.15) is 9.97 Å². The maximum atomic E-state index is 12.9. The zero-order valence-corrected chi connectivity index (χ0v) is 21.4. The van der Waals surface area contributed by atoms with Crippen molar-refractivity contribution in [3.63, 3.8) is 0 Å². The van der Waals surface area contributed by atoms with Crippen LogP contribution in [-0.2, 0) is 11.8 Å². The number of hydrogen-bond donors (Lipinski definition) is 0. The first-order valence-corrected chi connectivity index (χ1v) is 13.1. The zero-order chi connectivity index (χ0) is 24.4. The first kappa shape index (κ1) is 22.8. The third kappa shape index (κ3) is 3.99. The minimum Gasteiger partial charge on any atom is -0.461 e. The van der Waals surface area contributed by atoms with Crippen LogP contribution in [0.1, 0.15) is 59.3 Å². The number of ether oxygens (including phenoxy) is 2. The van der Waals surface area contributed by atoms with Crippen LogP contribution in [-0.4, -0.2) is 91.4 Å². The molecule has 1 amide bonds. The Morgan fingerprint density at radius 1 is 1.11 bits per heavy atom. The van der Waals surface area contributed by atoms with Gasteiger partial charge in [0.1, 0.15) is 17.7 Å². The summed E-state index contributed by atoms with van der Waals surface area (Å²) >= 11 is 0. The summed E-state index contributed by atoms with van der Waals surface area (Å²) in [7, 11) is 1.97. The highest BCUT2D eigenvalue weighted by Gasteiger charge is 2.46. The molecule has 4 aliphatic heterocycles. The number of rotatable bonds is 4. The van der Waals surface area contributed by atoms with Gasteiger partial charge >= 0.3 is 12.1 Å². The lowest BCUT2D eigenvalue weighted by Crippen LogP contribution is -2.57. The third-order valence-corrected chi connectivity index (χ3v) is 8.20. The molecule has 2 atom stereocenters. The van der Waals surface area contributed by atoms with E-state index in [0.717, 1.165) is 24.2 Å². The molecule has 0 spiro atoms. The van der Waals surface area contributed by atoms with Crippen molar-refractivity contribution in [3.8, 4) is 6.01 Å². The molecule has 2 unspecified atom stereocenters. The van der Waals surface area contributed by atoms with Crippen molar-refractivity contribution in [2.75, 3.05) is 37.7 Å². The number of hydrogen-bond acceptors (Lipinski definition) is 8. The van der Waals surface area contributed by atoms with E-state index in [2.05, 4.69) is 19.8 Å². The number of carbonyl (C=O) groups is 1. The van der Waals surface area contributed by atoms with Gasteiger partial charge in [-0.1, -0.05) is 0 Å². The Morgan fingerprint density at radius 2 is 1.80 bits per heavy atom. The lowest BCUT2D eigenvalue weighted by atomic mass is 9.95. The van der Waals surface area contributed by atoms with Gasteiger partial charge in [0, 0.05) is 20.1 Å². The van der Waals surface area contributed by atoms with E-state index < -0.39 is 5.60 Å². The van der Waals surface area contributed by atoms with Crippen LogP contribution in [0.4, 0.5) is 10.6 Å². The van der Waals surface area contributed by atoms with Gasteiger partial charge in [-0.15, -0.1) is 0 Å². The maximum absolute atomic E-state index is 12.9. The number of imidazole rings is 1. The molecule has 0 aromatic carbocycles. The van der Waals surface area contributed by atoms with Gasteiger partial charge in [0.25, 0.3) is 0 Å². The van der Waals surface area contributed by atoms with Crippen molar-refractivity contribution in [2.24, 2.45) is 7.05 Å². The van der Waals surface area contributed by atoms with E-state index in [9.17, 15) is 4.79 Å². The number of aryl methyl sites for hydroxylation is 1. The van der Waals surface area contributed by atoms with Crippen LogP contribution < -0.4 is 9.64 Å². The van der Waals surface area contributed by atoms with Gasteiger partial charge in [0.05, 0.1) is 23.9 Å². The first-order valence-electron chi connectivity index (χ1n) is 13.1. The van der Waals surface area contributed by atoms with Gasteiger partial charge < -0.3 is 18.9 Å². The third-order valence-electron chi connectivity index (χ3n) is 8.20. The van der Waals surface area contributed by atoms with Gasteiger partial charge in [-0.3, -0.25) is 9.80 Å². The molecule has 2 aromatic rings. The van der Waals surface area contributed by atoms with E-state index in [1.165, 1.54) is 38.8 Å². The molecule has 0 radical (unpaired) electrons. The number of amides is 1. The number of anilines is 1. The van der Waals surface area contributed by atoms with Crippen molar-refractivity contribution in [3.05, 3.63) is 6.33 Å². The average Bonchev–Trinajstić information content (AvgIpc) is 3.53. The summed E-state index contributed by atoms with van der Waals surface area (Å²) in [5.41, 5.74) is 1.20. The molecule has 35 heavy (non-hydrogen) atoms. The lowest BCUT2D eigenvalue weighted by Gasteiger charge is -2.41. The Hall–Kier alpha value is -2.62. The van der Waals surface area contributed by atoms with Crippen LogP contribution in [0, 0.1) is 0 Å². The fourth-order valence-corrected chi connectivity index (χ4v) is 6.65. The second-order valence-electron chi connectivity index (χ2n) is 11.7. The van der Waals surface area contributed by atoms with Crippen molar-refractivity contribution in [1.29, 1.82) is 0 Å². The van der Waals surface area contributed by atoms with Crippen LogP contribution in [0.2, 0.25) is 0 Å². The van der Waals surface area contributed by atoms with Crippen molar-refractivity contribution in [2.45, 2.75) is 82.5 Å². The monoisotopic (exact) mass is 483 g/mol. The second kappa shape index (κ2) is 8.21. The molecule has 6 rings (SSSR count). The average molecular weight is 484 g/mol. The van der Waals surface area contributed by atoms with Crippen LogP contribution in [0.15, 0.2) is 6.33 Å². The normalized spacial score (nSPS) is 25.9. The van der Waals surface area contributed by atoms with Gasteiger partial charge in [-0.05, 0) is 72.4 Å². The van der Waals surface area contributed by atoms with Crippen LogP contribution in [0.5, 0.6) is 6.01 Å². The molecule has 0 saturated carbocycles. The summed E-state index contributed by atoms with van der Waals surface area (Å²) in [6.45, 7) is 10.1. The Morgan fingerprint density at radius 3 is 2.46 bits per heavy atom. The largest absolute Gasteiger partial charge is 0.461 e. The molecule has 10 heteroatoms. The highest BCUT2D eigenvalue weighted by molar-refractivity contribution is 5.84. The van der Waals surface area contributed by atoms with Crippen LogP contribution in [0.25, 0.3) is 11.2 Å². The first-order chi connectivity index (χ1) is 16.7. The van der Waals surface area contributed by atoms with Crippen LogP contribution in [0.3, 0.4) is 0 Å². The molecule has 6 heterocycles. The van der Waals surface area contributed by atoms with E-state index >= 15 is 0 Å². The molecular formula is C25H37N7O3. The fourth-order valence-electron chi connectivity index (χ4n) is 6.65. The maximum Gasteiger partial charge on any atom is 0.410 e. The molecule has 4 saturated heterocycles. The topological polar surface area (TPSA) is 88.9 Å². The highest BCUT2D eigenvalue weighted by atomic mass is 16.6. The molecule has 4 aliphatic rings. The molecule has 2 bridgehead atoms. The summed E-state index contributed by atoms with van der Waals surface area (Å²) in [4.78, 5) is 33.9. The Labute approximate surface area is 206 Å². The van der Waals surface area contributed by atoms with Crippen molar-refractivity contribution >= 4 is 23.1 Å². The van der Waals surface area contributed by atoms with Gasteiger partial charge in [0.15, 0.2) is 11.5 Å². The number of fused-ring (bicyclic) bond motifs is 4. The second-order valence-corrected chi connectivity index (χ2v) is 11.7. The summed E-state index contributed by atoms with van der Waals surface area (Å²) in [5, 5.41) is 0. The highest BCUT2D eigenvalue weighted by Crippen LogP contribution is 2.40. The summed E-state index contributed by atoms with van der Waals surface area (Å²) in [6.07, 6.45) is 8.36. The fraction of sp³-hybridized carbons (Fsp3) is 0.760. The summed E-state index contributed by atoms with van der Waals surface area (Å²) < 4.78 is 14.0. The molecule has 10 nitrogen and oxygen atoms in total. The number of nitrogens with zero attached hydrogens (tertiary/aromatic N) is 7. The Balaban J connectivity index is 1.25. The SMILES string of the molecule is Cn1cnc2nc(OCC34CCCN3CCC4)nc(N3CC4CCC(C3)N4C(=O)OC(C)(C)C)c21. The minimum atomic E-state index is -0.499. The Bertz CT molecular complexity index is 1100. The molecule has 0 N–H and O–H groups in total. The van der Waals surface area contributed by atoms with E-state index in [4.69, 9.17) is 14.5 Å². The van der Waals surface area contributed by atoms with E-state index in [0.29, 0.717) is 31.4 Å². The number of aromatic nitrogens is 4. The van der Waals surface area contributed by atoms with Gasteiger partial charge in [0.2, 0.25) is 0 Å². The molecule has 190 valence electrons. The molecular weight excluding hydrogens is 446 g/mol. The smallest absolute Gasteiger partial charge is 0.410 e. The molecule has 4 fully saturated rings. The summed E-state index contributed by atoms with van der Waals surface area (Å²) in [6, 6.07) is 0.618. The molecule has 0 aliphatic carbocycles. The standard InChI is InChI=1S/C25H37N7O3/c1-24(2,3)35-23(33)32-17-7-8-18(32)14-30(13-17)21-19-20(26-16-29(19)4)27-22(28-21)34-15-25-9-5-11-31(25)12-6-10-25/h16-18H,5-15H2,1-4H3. The Kier molecular flexibility index (Phi) is 5.36. The number of carbonyl (C=O) groups excluding carboxylic acids is 1. The van der Waals surface area contributed by atoms with E-state index in [1.54, 1.807) is 6.33 Å². The van der Waals surface area contributed by atoms with E-state index in [-0.39, 0.29) is 23.7 Å². The van der Waals surface area contributed by atoms with E-state index in [1.807, 2.05) is 37.3 Å². The minimum absolute atomic E-state index is 0.107. The lowest BCUT2D eigenvalue weighted by molar-refractivity contribution is 0.0122. The predicted octanol–water partition coefficient (Wildman–Crippen LogP) is 2.96. The van der Waals surface area contributed by atoms with Crippen molar-refractivity contribution in [1.82, 2.24) is 29.3 Å². The predicted molar refractivity (Wildman–Crippen MR) is 132 cm³/mol. The van der Waals surface area contributed by atoms with Crippen molar-refractivity contribution < 1.29 is 14.3 Å². The van der Waals surface area contributed by atoms with Gasteiger partial charge in [-0.25, -0.2) is 9.78 Å².